The zero-order chi connectivity index (χ0) is 8.86. The molecule has 0 radical (unpaired) electrons. The smallest absolute Gasteiger partial charge is 0.000299 e. The Kier molecular flexibility index (Phi) is 4.88. The fraction of sp³-hybridized carbons (Fsp3) is 1.00. The Morgan fingerprint density at radius 1 is 1.33 bits per heavy atom. The van der Waals surface area contributed by atoms with Gasteiger partial charge in [-0.2, -0.15) is 24.4 Å². The van der Waals surface area contributed by atoms with Crippen molar-refractivity contribution in [3.05, 3.63) is 0 Å². The van der Waals surface area contributed by atoms with E-state index in [0.717, 1.165) is 5.75 Å². The molecule has 0 nitrogen and oxygen atoms in total. The minimum atomic E-state index is 0.667. The number of hydrogen-bond acceptors (Lipinski definition) is 2. The molecule has 2 heteroatoms. The molecule has 1 saturated carbocycles. The topological polar surface area (TPSA) is 0 Å². The molecule has 0 heterocycles. The first-order valence-corrected chi connectivity index (χ1v) is 6.80. The summed E-state index contributed by atoms with van der Waals surface area (Å²) in [5.74, 6) is 3.83. The van der Waals surface area contributed by atoms with E-state index in [-0.39, 0.29) is 0 Å². The number of thiol groups is 1. The molecule has 1 aliphatic rings. The molecule has 0 aliphatic heterocycles. The van der Waals surface area contributed by atoms with Gasteiger partial charge in [0, 0.05) is 0 Å². The molecule has 1 aliphatic carbocycles. The van der Waals surface area contributed by atoms with E-state index >= 15 is 0 Å². The van der Waals surface area contributed by atoms with Crippen molar-refractivity contribution in [1.29, 1.82) is 0 Å². The van der Waals surface area contributed by atoms with Crippen LogP contribution < -0.4 is 0 Å². The van der Waals surface area contributed by atoms with Crippen LogP contribution in [0.1, 0.15) is 39.0 Å². The van der Waals surface area contributed by atoms with Gasteiger partial charge < -0.3 is 0 Å². The van der Waals surface area contributed by atoms with Crippen molar-refractivity contribution in [1.82, 2.24) is 0 Å². The Hall–Kier alpha value is 0.700. The number of hydrogen-bond donors (Lipinski definition) is 1. The zero-order valence-electron chi connectivity index (χ0n) is 8.01. The minimum Gasteiger partial charge on any atom is -0.179 e. The van der Waals surface area contributed by atoms with E-state index < -0.39 is 0 Å². The van der Waals surface area contributed by atoms with Gasteiger partial charge in [-0.25, -0.2) is 0 Å². The highest BCUT2D eigenvalue weighted by Crippen LogP contribution is 2.48. The summed E-state index contributed by atoms with van der Waals surface area (Å²) >= 11 is 6.53. The second kappa shape index (κ2) is 5.43. The third kappa shape index (κ3) is 3.61. The Labute approximate surface area is 86.3 Å². The quantitative estimate of drug-likeness (QED) is 0.488. The molecule has 0 aromatic carbocycles. The molecule has 1 rings (SSSR count). The SMILES string of the molecule is CCCCCSCC1(CS)CC1. The number of thioether (sulfide) groups is 1. The monoisotopic (exact) mass is 204 g/mol. The van der Waals surface area contributed by atoms with Crippen LogP contribution in [0.5, 0.6) is 0 Å². The lowest BCUT2D eigenvalue weighted by molar-refractivity contribution is 0.681. The van der Waals surface area contributed by atoms with Crippen LogP contribution in [-0.4, -0.2) is 17.3 Å². The van der Waals surface area contributed by atoms with E-state index in [1.54, 1.807) is 0 Å². The Morgan fingerprint density at radius 2 is 2.08 bits per heavy atom. The third-order valence-electron chi connectivity index (χ3n) is 2.59. The molecule has 0 bridgehead atoms. The second-order valence-corrected chi connectivity index (χ2v) is 5.34. The van der Waals surface area contributed by atoms with Crippen molar-refractivity contribution >= 4 is 24.4 Å². The van der Waals surface area contributed by atoms with Crippen LogP contribution in [0.2, 0.25) is 0 Å². The lowest BCUT2D eigenvalue weighted by Gasteiger charge is -2.10. The first kappa shape index (κ1) is 10.8. The molecule has 0 N–H and O–H groups in total. The first-order chi connectivity index (χ1) is 5.83. The highest BCUT2D eigenvalue weighted by atomic mass is 32.2. The normalized spacial score (nSPS) is 19.5. The van der Waals surface area contributed by atoms with Gasteiger partial charge in [-0.05, 0) is 41.9 Å². The van der Waals surface area contributed by atoms with E-state index in [9.17, 15) is 0 Å². The highest BCUT2D eigenvalue weighted by molar-refractivity contribution is 7.99. The highest BCUT2D eigenvalue weighted by Gasteiger charge is 2.40. The summed E-state index contributed by atoms with van der Waals surface area (Å²) in [6.45, 7) is 2.26. The maximum Gasteiger partial charge on any atom is -0.000299 e. The van der Waals surface area contributed by atoms with E-state index in [2.05, 4.69) is 31.3 Å². The van der Waals surface area contributed by atoms with Crippen molar-refractivity contribution in [2.75, 3.05) is 17.3 Å². The molecule has 12 heavy (non-hydrogen) atoms. The van der Waals surface area contributed by atoms with Crippen molar-refractivity contribution in [3.8, 4) is 0 Å². The zero-order valence-corrected chi connectivity index (χ0v) is 9.72. The largest absolute Gasteiger partial charge is 0.179 e. The van der Waals surface area contributed by atoms with Crippen LogP contribution >= 0.6 is 24.4 Å². The predicted octanol–water partition coefficient (Wildman–Crippen LogP) is 3.62. The van der Waals surface area contributed by atoms with E-state index in [4.69, 9.17) is 0 Å². The van der Waals surface area contributed by atoms with Gasteiger partial charge in [0.05, 0.1) is 0 Å². The minimum absolute atomic E-state index is 0.667. The van der Waals surface area contributed by atoms with Gasteiger partial charge in [0.1, 0.15) is 0 Å². The average molecular weight is 204 g/mol. The number of rotatable bonds is 7. The molecule has 1 fully saturated rings. The molecule has 72 valence electrons. The van der Waals surface area contributed by atoms with E-state index in [1.807, 2.05) is 0 Å². The van der Waals surface area contributed by atoms with Crippen LogP contribution in [0.3, 0.4) is 0 Å². The standard InChI is InChI=1S/C10H20S2/c1-2-3-4-7-12-9-10(8-11)5-6-10/h11H,2-9H2,1H3. The summed E-state index contributed by atoms with van der Waals surface area (Å²) in [6.07, 6.45) is 7.01. The summed E-state index contributed by atoms with van der Waals surface area (Å²) in [6, 6.07) is 0. The molecule has 0 saturated heterocycles. The van der Waals surface area contributed by atoms with Crippen molar-refractivity contribution in [3.63, 3.8) is 0 Å². The van der Waals surface area contributed by atoms with Crippen LogP contribution in [0, 0.1) is 5.41 Å². The van der Waals surface area contributed by atoms with E-state index in [0.29, 0.717) is 5.41 Å². The maximum absolute atomic E-state index is 4.39. The molecule has 0 unspecified atom stereocenters. The molecule has 0 aromatic heterocycles. The molecule has 0 amide bonds. The maximum atomic E-state index is 4.39. The van der Waals surface area contributed by atoms with Gasteiger partial charge in [-0.3, -0.25) is 0 Å². The fourth-order valence-corrected chi connectivity index (χ4v) is 3.22. The van der Waals surface area contributed by atoms with Crippen molar-refractivity contribution in [2.45, 2.75) is 39.0 Å². The summed E-state index contributed by atoms with van der Waals surface area (Å²) in [5, 5.41) is 0. The molecule has 0 atom stereocenters. The second-order valence-electron chi connectivity index (χ2n) is 3.92. The van der Waals surface area contributed by atoms with Crippen LogP contribution in [-0.2, 0) is 0 Å². The predicted molar refractivity (Wildman–Crippen MR) is 62.4 cm³/mol. The lowest BCUT2D eigenvalue weighted by Crippen LogP contribution is -2.05. The number of unbranched alkanes of at least 4 members (excludes halogenated alkanes) is 2. The molecular weight excluding hydrogens is 184 g/mol. The Morgan fingerprint density at radius 3 is 2.58 bits per heavy atom. The molecular formula is C10H20S2. The molecule has 0 aromatic rings. The Bertz CT molecular complexity index is 119. The van der Waals surface area contributed by atoms with E-state index in [1.165, 1.54) is 43.6 Å². The Balaban J connectivity index is 1.89. The van der Waals surface area contributed by atoms with Crippen LogP contribution in [0.15, 0.2) is 0 Å². The van der Waals surface area contributed by atoms with Gasteiger partial charge in [0.25, 0.3) is 0 Å². The van der Waals surface area contributed by atoms with Crippen LogP contribution in [0.25, 0.3) is 0 Å². The summed E-state index contributed by atoms with van der Waals surface area (Å²) in [7, 11) is 0. The summed E-state index contributed by atoms with van der Waals surface area (Å²) in [4.78, 5) is 0. The van der Waals surface area contributed by atoms with Gasteiger partial charge in [-0.1, -0.05) is 19.8 Å². The van der Waals surface area contributed by atoms with Gasteiger partial charge in [0.2, 0.25) is 0 Å². The third-order valence-corrected chi connectivity index (χ3v) is 4.66. The van der Waals surface area contributed by atoms with Crippen molar-refractivity contribution < 1.29 is 0 Å². The summed E-state index contributed by atoms with van der Waals surface area (Å²) in [5.41, 5.74) is 0.667. The van der Waals surface area contributed by atoms with Crippen LogP contribution in [0.4, 0.5) is 0 Å². The fourth-order valence-electron chi connectivity index (χ4n) is 1.27. The average Bonchev–Trinajstić information content (AvgIpc) is 2.85. The van der Waals surface area contributed by atoms with Gasteiger partial charge in [-0.15, -0.1) is 0 Å². The molecule has 0 spiro atoms. The van der Waals surface area contributed by atoms with Gasteiger partial charge in [0.15, 0.2) is 0 Å². The van der Waals surface area contributed by atoms with Gasteiger partial charge >= 0.3 is 0 Å². The summed E-state index contributed by atoms with van der Waals surface area (Å²) < 4.78 is 0. The van der Waals surface area contributed by atoms with Crippen molar-refractivity contribution in [2.24, 2.45) is 5.41 Å². The lowest BCUT2D eigenvalue weighted by atomic mass is 10.2. The first-order valence-electron chi connectivity index (χ1n) is 5.01.